The van der Waals surface area contributed by atoms with Gasteiger partial charge in [0.15, 0.2) is 0 Å². The Morgan fingerprint density at radius 1 is 1.18 bits per heavy atom. The largest absolute Gasteiger partial charge is 0.390 e. The van der Waals surface area contributed by atoms with E-state index in [1.165, 1.54) is 16.3 Å². The Morgan fingerprint density at radius 2 is 2.00 bits per heavy atom. The number of rotatable bonds is 6. The summed E-state index contributed by atoms with van der Waals surface area (Å²) in [6.07, 6.45) is 3.10. The Labute approximate surface area is 137 Å². The average Bonchev–Trinajstić information content (AvgIpc) is 2.92. The van der Waals surface area contributed by atoms with Crippen molar-refractivity contribution < 1.29 is 5.11 Å². The van der Waals surface area contributed by atoms with Crippen LogP contribution < -0.4 is 5.32 Å². The topological polar surface area (TPSA) is 50.1 Å². The number of benzene rings is 2. The number of fused-ring (bicyclic) bond motifs is 1. The normalized spacial score (nSPS) is 12.6. The lowest BCUT2D eigenvalue weighted by Gasteiger charge is -2.13. The van der Waals surface area contributed by atoms with E-state index >= 15 is 0 Å². The summed E-state index contributed by atoms with van der Waals surface area (Å²) in [7, 11) is 0. The lowest BCUT2D eigenvalue weighted by molar-refractivity contribution is 0.146. The number of aromatic nitrogens is 2. The second-order valence-corrected chi connectivity index (χ2v) is 6.22. The van der Waals surface area contributed by atoms with E-state index in [1.807, 2.05) is 12.3 Å². The van der Waals surface area contributed by atoms with Crippen LogP contribution in [-0.2, 0) is 13.1 Å². The van der Waals surface area contributed by atoms with E-state index in [9.17, 15) is 5.11 Å². The van der Waals surface area contributed by atoms with Crippen LogP contribution in [0.3, 0.4) is 0 Å². The van der Waals surface area contributed by atoms with Crippen LogP contribution in [0.25, 0.3) is 10.8 Å². The summed E-state index contributed by atoms with van der Waals surface area (Å²) < 4.78 is 2.65. The van der Waals surface area contributed by atoms with E-state index < -0.39 is 6.10 Å². The first kappa shape index (κ1) is 15.2. The molecule has 2 N–H and O–H groups in total. The van der Waals surface area contributed by atoms with Crippen molar-refractivity contribution in [3.05, 3.63) is 64.9 Å². The molecule has 0 fully saturated rings. The van der Waals surface area contributed by atoms with Crippen molar-refractivity contribution in [3.63, 3.8) is 0 Å². The Hall–Kier alpha value is -1.69. The fourth-order valence-electron chi connectivity index (χ4n) is 2.54. The first-order valence-electron chi connectivity index (χ1n) is 7.26. The lowest BCUT2D eigenvalue weighted by Crippen LogP contribution is -2.30. The van der Waals surface area contributed by atoms with E-state index in [0.717, 1.165) is 11.0 Å². The van der Waals surface area contributed by atoms with Gasteiger partial charge in [0.25, 0.3) is 0 Å². The van der Waals surface area contributed by atoms with Crippen LogP contribution in [0, 0.1) is 0 Å². The van der Waals surface area contributed by atoms with Crippen molar-refractivity contribution in [3.8, 4) is 0 Å². The molecule has 0 saturated carbocycles. The third kappa shape index (κ3) is 3.74. The third-order valence-corrected chi connectivity index (χ3v) is 3.98. The molecule has 114 valence electrons. The lowest BCUT2D eigenvalue weighted by atomic mass is 10.0. The number of aliphatic hydroxyl groups excluding tert-OH is 1. The van der Waals surface area contributed by atoms with Crippen LogP contribution in [0.5, 0.6) is 0 Å². The zero-order chi connectivity index (χ0) is 15.4. The number of nitrogens with zero attached hydrogens (tertiary/aromatic N) is 2. The second-order valence-electron chi connectivity index (χ2n) is 5.30. The highest BCUT2D eigenvalue weighted by atomic mass is 79.9. The van der Waals surface area contributed by atoms with Gasteiger partial charge >= 0.3 is 0 Å². The maximum absolute atomic E-state index is 10.1. The van der Waals surface area contributed by atoms with E-state index in [4.69, 9.17) is 0 Å². The summed E-state index contributed by atoms with van der Waals surface area (Å²) in [5.74, 6) is 0. The van der Waals surface area contributed by atoms with Gasteiger partial charge in [-0.15, -0.1) is 0 Å². The molecular formula is C17H18BrN3O. The molecule has 1 aromatic heterocycles. The quantitative estimate of drug-likeness (QED) is 0.711. The Morgan fingerprint density at radius 3 is 2.82 bits per heavy atom. The highest BCUT2D eigenvalue weighted by molar-refractivity contribution is 9.10. The molecule has 0 bridgehead atoms. The number of aliphatic hydroxyl groups is 1. The molecule has 1 atom stereocenters. The fourth-order valence-corrected chi connectivity index (χ4v) is 2.87. The first-order valence-corrected chi connectivity index (χ1v) is 8.05. The predicted octanol–water partition coefficient (Wildman–Crippen LogP) is 2.95. The zero-order valence-electron chi connectivity index (χ0n) is 12.1. The molecule has 0 aliphatic heterocycles. The minimum atomic E-state index is -0.471. The van der Waals surface area contributed by atoms with Crippen molar-refractivity contribution in [1.29, 1.82) is 0 Å². The molecule has 22 heavy (non-hydrogen) atoms. The molecule has 4 nitrogen and oxygen atoms in total. The summed E-state index contributed by atoms with van der Waals surface area (Å²) in [6, 6.07) is 14.6. The van der Waals surface area contributed by atoms with E-state index in [-0.39, 0.29) is 0 Å². The molecule has 2 aromatic carbocycles. The molecule has 1 heterocycles. The number of hydrogen-bond acceptors (Lipinski definition) is 3. The van der Waals surface area contributed by atoms with Crippen molar-refractivity contribution in [1.82, 2.24) is 15.1 Å². The minimum Gasteiger partial charge on any atom is -0.390 e. The van der Waals surface area contributed by atoms with E-state index in [2.05, 4.69) is 62.7 Å². The van der Waals surface area contributed by atoms with E-state index in [0.29, 0.717) is 13.1 Å². The molecule has 0 spiro atoms. The smallest absolute Gasteiger partial charge is 0.0860 e. The molecule has 1 unspecified atom stereocenters. The predicted molar refractivity (Wildman–Crippen MR) is 91.6 cm³/mol. The Kier molecular flexibility index (Phi) is 4.87. The standard InChI is InChI=1S/C17H18BrN3O/c18-15-9-20-21(11-15)12-16(22)10-19-8-14-6-3-5-13-4-1-2-7-17(13)14/h1-7,9,11,16,19,22H,8,10,12H2. The van der Waals surface area contributed by atoms with Crippen LogP contribution in [0.4, 0.5) is 0 Å². The molecule has 5 heteroatoms. The van der Waals surface area contributed by atoms with Gasteiger partial charge in [0.2, 0.25) is 0 Å². The maximum atomic E-state index is 10.1. The fraction of sp³-hybridized carbons (Fsp3) is 0.235. The zero-order valence-corrected chi connectivity index (χ0v) is 13.7. The molecule has 0 saturated heterocycles. The summed E-state index contributed by atoms with van der Waals surface area (Å²) in [5.41, 5.74) is 1.24. The summed E-state index contributed by atoms with van der Waals surface area (Å²) in [6.45, 7) is 1.75. The Bertz CT molecular complexity index is 751. The number of nitrogens with one attached hydrogen (secondary N) is 1. The number of hydrogen-bond donors (Lipinski definition) is 2. The van der Waals surface area contributed by atoms with Gasteiger partial charge in [-0.3, -0.25) is 4.68 Å². The van der Waals surface area contributed by atoms with Crippen molar-refractivity contribution >= 4 is 26.7 Å². The third-order valence-electron chi connectivity index (χ3n) is 3.57. The van der Waals surface area contributed by atoms with E-state index in [1.54, 1.807) is 10.9 Å². The van der Waals surface area contributed by atoms with Crippen LogP contribution in [0.15, 0.2) is 59.3 Å². The molecule has 3 rings (SSSR count). The molecule has 3 aromatic rings. The van der Waals surface area contributed by atoms with Gasteiger partial charge in [0.1, 0.15) is 0 Å². The first-order chi connectivity index (χ1) is 10.7. The maximum Gasteiger partial charge on any atom is 0.0860 e. The average molecular weight is 360 g/mol. The highest BCUT2D eigenvalue weighted by Gasteiger charge is 2.07. The monoisotopic (exact) mass is 359 g/mol. The Balaban J connectivity index is 1.56. The molecule has 0 amide bonds. The van der Waals surface area contributed by atoms with Crippen LogP contribution in [0.2, 0.25) is 0 Å². The van der Waals surface area contributed by atoms with Gasteiger partial charge in [0, 0.05) is 19.3 Å². The van der Waals surface area contributed by atoms with Crippen LogP contribution in [0.1, 0.15) is 5.56 Å². The summed E-state index contributed by atoms with van der Waals surface area (Å²) >= 11 is 3.35. The molecule has 0 aliphatic carbocycles. The second kappa shape index (κ2) is 7.05. The van der Waals surface area contributed by atoms with Crippen molar-refractivity contribution in [2.45, 2.75) is 19.2 Å². The van der Waals surface area contributed by atoms with Crippen molar-refractivity contribution in [2.24, 2.45) is 0 Å². The minimum absolute atomic E-state index is 0.471. The summed E-state index contributed by atoms with van der Waals surface area (Å²) in [5, 5.41) is 20.0. The SMILES string of the molecule is OC(CNCc1cccc2ccccc12)Cn1cc(Br)cn1. The molecule has 0 radical (unpaired) electrons. The van der Waals surface area contributed by atoms with Gasteiger partial charge in [-0.25, -0.2) is 0 Å². The van der Waals surface area contributed by atoms with Crippen molar-refractivity contribution in [2.75, 3.05) is 6.54 Å². The highest BCUT2D eigenvalue weighted by Crippen LogP contribution is 2.18. The van der Waals surface area contributed by atoms with Gasteiger partial charge in [0.05, 0.1) is 23.3 Å². The van der Waals surface area contributed by atoms with Gasteiger partial charge in [-0.2, -0.15) is 5.10 Å². The number of halogens is 1. The van der Waals surface area contributed by atoms with Crippen LogP contribution >= 0.6 is 15.9 Å². The van der Waals surface area contributed by atoms with Gasteiger partial charge < -0.3 is 10.4 Å². The molecule has 0 aliphatic rings. The van der Waals surface area contributed by atoms with Gasteiger partial charge in [-0.1, -0.05) is 42.5 Å². The van der Waals surface area contributed by atoms with Gasteiger partial charge in [-0.05, 0) is 32.3 Å². The summed E-state index contributed by atoms with van der Waals surface area (Å²) in [4.78, 5) is 0. The van der Waals surface area contributed by atoms with Crippen LogP contribution in [-0.4, -0.2) is 27.5 Å². The molecular weight excluding hydrogens is 342 g/mol.